The van der Waals surface area contributed by atoms with E-state index in [1.165, 1.54) is 0 Å². The molecule has 0 heterocycles. The first-order valence-corrected chi connectivity index (χ1v) is 8.47. The van der Waals surface area contributed by atoms with E-state index in [-0.39, 0.29) is 17.2 Å². The maximum absolute atomic E-state index is 12.2. The topological polar surface area (TPSA) is 58.2 Å². The molecule has 4 heteroatoms. The molecule has 0 radical (unpaired) electrons. The molecule has 0 aliphatic heterocycles. The van der Waals surface area contributed by atoms with E-state index in [1.807, 2.05) is 64.1 Å². The number of hydrogen-bond donors (Lipinski definition) is 2. The Bertz CT molecular complexity index is 702. The van der Waals surface area contributed by atoms with Crippen LogP contribution in [0.1, 0.15) is 45.7 Å². The van der Waals surface area contributed by atoms with E-state index in [4.69, 9.17) is 0 Å². The molecule has 132 valence electrons. The fraction of sp³-hybridized carbons (Fsp3) is 0.333. The Balaban J connectivity index is 1.87. The zero-order valence-corrected chi connectivity index (χ0v) is 15.3. The lowest BCUT2D eigenvalue weighted by molar-refractivity contribution is 0.0920. The summed E-state index contributed by atoms with van der Waals surface area (Å²) in [6.07, 6.45) is 0. The van der Waals surface area contributed by atoms with Gasteiger partial charge in [0.15, 0.2) is 0 Å². The van der Waals surface area contributed by atoms with Gasteiger partial charge in [-0.05, 0) is 43.5 Å². The standard InChI is InChI=1S/C21H26N2O2/c1-15-7-5-9-17(11-15)19(24)22-13-21(3,4)14-23-20(25)18-10-6-8-16(2)12-18/h5-12H,13-14H2,1-4H3,(H,22,24)(H,23,25). The summed E-state index contributed by atoms with van der Waals surface area (Å²) in [7, 11) is 0. The molecule has 2 N–H and O–H groups in total. The first-order valence-electron chi connectivity index (χ1n) is 8.47. The Labute approximate surface area is 149 Å². The lowest BCUT2D eigenvalue weighted by Crippen LogP contribution is -2.42. The Kier molecular flexibility index (Phi) is 5.97. The number of aryl methyl sites for hydroxylation is 2. The third-order valence-electron chi connectivity index (χ3n) is 4.02. The number of amides is 2. The molecule has 0 spiro atoms. The van der Waals surface area contributed by atoms with Crippen molar-refractivity contribution in [1.29, 1.82) is 0 Å². The van der Waals surface area contributed by atoms with Crippen molar-refractivity contribution in [3.05, 3.63) is 70.8 Å². The zero-order chi connectivity index (χ0) is 18.4. The monoisotopic (exact) mass is 338 g/mol. The van der Waals surface area contributed by atoms with Crippen LogP contribution >= 0.6 is 0 Å². The van der Waals surface area contributed by atoms with Gasteiger partial charge in [-0.15, -0.1) is 0 Å². The Morgan fingerprint density at radius 2 is 1.20 bits per heavy atom. The van der Waals surface area contributed by atoms with Crippen molar-refractivity contribution in [2.24, 2.45) is 5.41 Å². The minimum absolute atomic E-state index is 0.0956. The zero-order valence-electron chi connectivity index (χ0n) is 15.3. The Morgan fingerprint density at radius 3 is 1.56 bits per heavy atom. The van der Waals surface area contributed by atoms with Gasteiger partial charge in [0.25, 0.3) is 11.8 Å². The second-order valence-electron chi connectivity index (χ2n) is 7.27. The van der Waals surface area contributed by atoms with E-state index in [0.29, 0.717) is 24.2 Å². The van der Waals surface area contributed by atoms with Crippen molar-refractivity contribution in [2.75, 3.05) is 13.1 Å². The number of benzene rings is 2. The van der Waals surface area contributed by atoms with Crippen LogP contribution in [0.25, 0.3) is 0 Å². The molecular formula is C21H26N2O2. The van der Waals surface area contributed by atoms with Crippen LogP contribution in [0.3, 0.4) is 0 Å². The van der Waals surface area contributed by atoms with Crippen LogP contribution in [0, 0.1) is 19.3 Å². The van der Waals surface area contributed by atoms with E-state index in [2.05, 4.69) is 10.6 Å². The summed E-state index contributed by atoms with van der Waals surface area (Å²) in [5.41, 5.74) is 3.16. The van der Waals surface area contributed by atoms with Crippen LogP contribution in [0.5, 0.6) is 0 Å². The lowest BCUT2D eigenvalue weighted by atomic mass is 9.93. The van der Waals surface area contributed by atoms with Crippen molar-refractivity contribution >= 4 is 11.8 Å². The summed E-state index contributed by atoms with van der Waals surface area (Å²) in [5, 5.41) is 5.90. The molecule has 25 heavy (non-hydrogen) atoms. The maximum Gasteiger partial charge on any atom is 0.251 e. The highest BCUT2D eigenvalue weighted by Gasteiger charge is 2.20. The third kappa shape index (κ3) is 5.75. The number of carbonyl (C=O) groups is 2. The van der Waals surface area contributed by atoms with Crippen LogP contribution in [0.15, 0.2) is 48.5 Å². The number of hydrogen-bond acceptors (Lipinski definition) is 2. The normalized spacial score (nSPS) is 11.0. The van der Waals surface area contributed by atoms with E-state index < -0.39 is 0 Å². The number of nitrogens with one attached hydrogen (secondary N) is 2. The van der Waals surface area contributed by atoms with Crippen molar-refractivity contribution in [2.45, 2.75) is 27.7 Å². The first-order chi connectivity index (χ1) is 11.8. The molecule has 0 atom stereocenters. The molecule has 0 unspecified atom stereocenters. The van der Waals surface area contributed by atoms with Crippen molar-refractivity contribution in [3.8, 4) is 0 Å². The average Bonchev–Trinajstić information content (AvgIpc) is 2.58. The van der Waals surface area contributed by atoms with Crippen molar-refractivity contribution in [3.63, 3.8) is 0 Å². The molecule has 0 fully saturated rings. The van der Waals surface area contributed by atoms with Crippen LogP contribution < -0.4 is 10.6 Å². The maximum atomic E-state index is 12.2. The highest BCUT2D eigenvalue weighted by Crippen LogP contribution is 2.13. The van der Waals surface area contributed by atoms with Gasteiger partial charge in [-0.25, -0.2) is 0 Å². The van der Waals surface area contributed by atoms with Crippen LogP contribution in [0.2, 0.25) is 0 Å². The van der Waals surface area contributed by atoms with Gasteiger partial charge in [-0.3, -0.25) is 9.59 Å². The Hall–Kier alpha value is -2.62. The molecule has 2 aromatic rings. The largest absolute Gasteiger partial charge is 0.351 e. The predicted octanol–water partition coefficient (Wildman–Crippen LogP) is 3.49. The summed E-state index contributed by atoms with van der Waals surface area (Å²) in [6.45, 7) is 8.91. The van der Waals surface area contributed by atoms with Gasteiger partial charge in [0, 0.05) is 24.2 Å². The smallest absolute Gasteiger partial charge is 0.251 e. The summed E-state index contributed by atoms with van der Waals surface area (Å²) in [6, 6.07) is 15.0. The van der Waals surface area contributed by atoms with Gasteiger partial charge in [0.1, 0.15) is 0 Å². The average molecular weight is 338 g/mol. The van der Waals surface area contributed by atoms with Crippen LogP contribution in [-0.4, -0.2) is 24.9 Å². The summed E-state index contributed by atoms with van der Waals surface area (Å²) < 4.78 is 0. The van der Waals surface area contributed by atoms with Gasteiger partial charge in [-0.2, -0.15) is 0 Å². The highest BCUT2D eigenvalue weighted by atomic mass is 16.2. The molecule has 2 amide bonds. The molecule has 0 aromatic heterocycles. The second kappa shape index (κ2) is 7.97. The van der Waals surface area contributed by atoms with E-state index in [0.717, 1.165) is 11.1 Å². The van der Waals surface area contributed by atoms with Crippen molar-refractivity contribution < 1.29 is 9.59 Å². The van der Waals surface area contributed by atoms with E-state index in [9.17, 15) is 9.59 Å². The molecule has 2 aromatic carbocycles. The van der Waals surface area contributed by atoms with E-state index >= 15 is 0 Å². The quantitative estimate of drug-likeness (QED) is 0.847. The summed E-state index contributed by atoms with van der Waals surface area (Å²) in [5.74, 6) is -0.191. The van der Waals surface area contributed by atoms with Crippen LogP contribution in [0.4, 0.5) is 0 Å². The molecule has 0 saturated heterocycles. The Morgan fingerprint density at radius 1 is 0.800 bits per heavy atom. The lowest BCUT2D eigenvalue weighted by Gasteiger charge is -2.25. The number of rotatable bonds is 6. The molecule has 0 aliphatic rings. The molecule has 0 aliphatic carbocycles. The minimum atomic E-state index is -0.251. The fourth-order valence-corrected chi connectivity index (χ4v) is 2.48. The number of carbonyl (C=O) groups excluding carboxylic acids is 2. The predicted molar refractivity (Wildman–Crippen MR) is 101 cm³/mol. The highest BCUT2D eigenvalue weighted by molar-refractivity contribution is 5.95. The molecule has 0 saturated carbocycles. The van der Waals surface area contributed by atoms with E-state index in [1.54, 1.807) is 12.1 Å². The first kappa shape index (κ1) is 18.7. The SMILES string of the molecule is Cc1cccc(C(=O)NCC(C)(C)CNC(=O)c2cccc(C)c2)c1. The molecule has 2 rings (SSSR count). The van der Waals surface area contributed by atoms with Gasteiger partial charge < -0.3 is 10.6 Å². The summed E-state index contributed by atoms with van der Waals surface area (Å²) >= 11 is 0. The van der Waals surface area contributed by atoms with Crippen molar-refractivity contribution in [1.82, 2.24) is 10.6 Å². The van der Waals surface area contributed by atoms with Gasteiger partial charge in [0.2, 0.25) is 0 Å². The third-order valence-corrected chi connectivity index (χ3v) is 4.02. The van der Waals surface area contributed by atoms with Gasteiger partial charge >= 0.3 is 0 Å². The van der Waals surface area contributed by atoms with Crippen LogP contribution in [-0.2, 0) is 0 Å². The van der Waals surface area contributed by atoms with Gasteiger partial charge in [-0.1, -0.05) is 49.2 Å². The molecular weight excluding hydrogens is 312 g/mol. The molecule has 0 bridgehead atoms. The van der Waals surface area contributed by atoms with Gasteiger partial charge in [0.05, 0.1) is 0 Å². The summed E-state index contributed by atoms with van der Waals surface area (Å²) in [4.78, 5) is 24.5. The minimum Gasteiger partial charge on any atom is -0.351 e. The second-order valence-corrected chi connectivity index (χ2v) is 7.27. The fourth-order valence-electron chi connectivity index (χ4n) is 2.48. The molecule has 4 nitrogen and oxygen atoms in total.